The molecule has 0 unspecified atom stereocenters. The summed E-state index contributed by atoms with van der Waals surface area (Å²) in [4.78, 5) is 11.5. The molecule has 0 saturated heterocycles. The van der Waals surface area contributed by atoms with Gasteiger partial charge in [-0.25, -0.2) is 0 Å². The van der Waals surface area contributed by atoms with E-state index in [0.717, 1.165) is 6.42 Å². The molecule has 0 aliphatic carbocycles. The summed E-state index contributed by atoms with van der Waals surface area (Å²) in [5.74, 6) is 0.161. The summed E-state index contributed by atoms with van der Waals surface area (Å²) in [6, 6.07) is 0. The molecule has 0 aromatic rings. The predicted octanol–water partition coefficient (Wildman–Crippen LogP) is 2.81. The van der Waals surface area contributed by atoms with Crippen molar-refractivity contribution in [3.8, 4) is 0 Å². The van der Waals surface area contributed by atoms with Crippen LogP contribution in [-0.2, 0) is 9.53 Å². The molecular formula is C11H22O2. The molecule has 2 heteroatoms. The first-order valence-corrected chi connectivity index (χ1v) is 4.86. The average molecular weight is 186 g/mol. The van der Waals surface area contributed by atoms with Gasteiger partial charge < -0.3 is 4.74 Å². The number of ether oxygens (including phenoxy) is 1. The van der Waals surface area contributed by atoms with Crippen LogP contribution in [0.5, 0.6) is 0 Å². The SMILES string of the molecule is CCC(C)(C)OCC(=O)C(C)(C)C. The van der Waals surface area contributed by atoms with Crippen molar-refractivity contribution in [3.05, 3.63) is 0 Å². The van der Waals surface area contributed by atoms with Crippen LogP contribution in [0.4, 0.5) is 0 Å². The van der Waals surface area contributed by atoms with Crippen molar-refractivity contribution < 1.29 is 9.53 Å². The molecule has 2 nitrogen and oxygen atoms in total. The standard InChI is InChI=1S/C11H22O2/c1-7-11(5,6)13-8-9(12)10(2,3)4/h7-8H2,1-6H3. The highest BCUT2D eigenvalue weighted by Gasteiger charge is 2.24. The Morgan fingerprint density at radius 1 is 1.15 bits per heavy atom. The maximum absolute atomic E-state index is 11.5. The molecule has 0 radical (unpaired) electrons. The minimum atomic E-state index is -0.288. The van der Waals surface area contributed by atoms with E-state index in [1.54, 1.807) is 0 Å². The van der Waals surface area contributed by atoms with Crippen LogP contribution in [0.15, 0.2) is 0 Å². The van der Waals surface area contributed by atoms with E-state index >= 15 is 0 Å². The highest BCUT2D eigenvalue weighted by Crippen LogP contribution is 2.18. The molecule has 0 fully saturated rings. The highest BCUT2D eigenvalue weighted by molar-refractivity contribution is 5.84. The number of rotatable bonds is 4. The quantitative estimate of drug-likeness (QED) is 0.675. The second kappa shape index (κ2) is 4.23. The van der Waals surface area contributed by atoms with Gasteiger partial charge in [0.25, 0.3) is 0 Å². The van der Waals surface area contributed by atoms with E-state index in [-0.39, 0.29) is 23.4 Å². The monoisotopic (exact) mass is 186 g/mol. The molecule has 13 heavy (non-hydrogen) atoms. The Morgan fingerprint density at radius 2 is 1.62 bits per heavy atom. The fraction of sp³-hybridized carbons (Fsp3) is 0.909. The van der Waals surface area contributed by atoms with Crippen molar-refractivity contribution in [2.24, 2.45) is 5.41 Å². The first kappa shape index (κ1) is 12.6. The minimum Gasteiger partial charge on any atom is -0.368 e. The maximum atomic E-state index is 11.5. The summed E-state index contributed by atoms with van der Waals surface area (Å²) in [5, 5.41) is 0. The second-order valence-electron chi connectivity index (χ2n) is 5.08. The van der Waals surface area contributed by atoms with Crippen LogP contribution < -0.4 is 0 Å². The molecule has 0 bridgehead atoms. The van der Waals surface area contributed by atoms with Crippen molar-refractivity contribution >= 4 is 5.78 Å². The van der Waals surface area contributed by atoms with Crippen LogP contribution in [0.2, 0.25) is 0 Å². The van der Waals surface area contributed by atoms with Gasteiger partial charge in [0.2, 0.25) is 0 Å². The van der Waals surface area contributed by atoms with Gasteiger partial charge in [-0.2, -0.15) is 0 Å². The third kappa shape index (κ3) is 5.04. The van der Waals surface area contributed by atoms with Crippen LogP contribution in [0.1, 0.15) is 48.0 Å². The third-order valence-corrected chi connectivity index (χ3v) is 2.28. The van der Waals surface area contributed by atoms with Gasteiger partial charge >= 0.3 is 0 Å². The number of ketones is 1. The maximum Gasteiger partial charge on any atom is 0.163 e. The Bertz CT molecular complexity index is 175. The van der Waals surface area contributed by atoms with Crippen molar-refractivity contribution in [2.45, 2.75) is 53.6 Å². The summed E-state index contributed by atoms with van der Waals surface area (Å²) >= 11 is 0. The van der Waals surface area contributed by atoms with Gasteiger partial charge in [-0.05, 0) is 20.3 Å². The molecule has 0 aromatic carbocycles. The lowest BCUT2D eigenvalue weighted by Crippen LogP contribution is -2.31. The Kier molecular flexibility index (Phi) is 4.11. The van der Waals surface area contributed by atoms with Gasteiger partial charge in [-0.3, -0.25) is 4.79 Å². The number of carbonyl (C=O) groups excluding carboxylic acids is 1. The molecule has 0 heterocycles. The van der Waals surface area contributed by atoms with Gasteiger partial charge in [0.15, 0.2) is 5.78 Å². The third-order valence-electron chi connectivity index (χ3n) is 2.28. The number of hydrogen-bond acceptors (Lipinski definition) is 2. The normalized spacial score (nSPS) is 13.1. The van der Waals surface area contributed by atoms with Gasteiger partial charge in [0.1, 0.15) is 6.61 Å². The molecule has 0 saturated carbocycles. The predicted molar refractivity (Wildman–Crippen MR) is 54.8 cm³/mol. The van der Waals surface area contributed by atoms with E-state index in [0.29, 0.717) is 0 Å². The van der Waals surface area contributed by atoms with Crippen LogP contribution in [0, 0.1) is 5.41 Å². The van der Waals surface area contributed by atoms with Crippen LogP contribution in [-0.4, -0.2) is 18.0 Å². The van der Waals surface area contributed by atoms with E-state index in [4.69, 9.17) is 4.74 Å². The molecule has 0 atom stereocenters. The lowest BCUT2D eigenvalue weighted by Gasteiger charge is -2.25. The first-order chi connectivity index (χ1) is 5.69. The molecule has 0 rings (SSSR count). The molecule has 0 N–H and O–H groups in total. The lowest BCUT2D eigenvalue weighted by atomic mass is 9.91. The topological polar surface area (TPSA) is 26.3 Å². The molecule has 0 aliphatic rings. The van der Waals surface area contributed by atoms with Crippen LogP contribution in [0.3, 0.4) is 0 Å². The summed E-state index contributed by atoms with van der Waals surface area (Å²) in [6.45, 7) is 12.0. The largest absolute Gasteiger partial charge is 0.368 e. The first-order valence-electron chi connectivity index (χ1n) is 4.86. The summed E-state index contributed by atoms with van der Waals surface area (Å²) in [6.07, 6.45) is 0.921. The Hall–Kier alpha value is -0.370. The van der Waals surface area contributed by atoms with Crippen LogP contribution in [0.25, 0.3) is 0 Å². The van der Waals surface area contributed by atoms with Crippen molar-refractivity contribution in [1.82, 2.24) is 0 Å². The fourth-order valence-corrected chi connectivity index (χ4v) is 0.579. The van der Waals surface area contributed by atoms with E-state index in [9.17, 15) is 4.79 Å². The smallest absolute Gasteiger partial charge is 0.163 e. The number of Topliss-reactive ketones (excluding diaryl/α,β-unsaturated/α-hetero) is 1. The highest BCUT2D eigenvalue weighted by atomic mass is 16.5. The van der Waals surface area contributed by atoms with Gasteiger partial charge in [-0.1, -0.05) is 27.7 Å². The van der Waals surface area contributed by atoms with E-state index in [1.165, 1.54) is 0 Å². The fourth-order valence-electron chi connectivity index (χ4n) is 0.579. The number of hydrogen-bond donors (Lipinski definition) is 0. The van der Waals surface area contributed by atoms with Gasteiger partial charge in [-0.15, -0.1) is 0 Å². The Morgan fingerprint density at radius 3 is 1.92 bits per heavy atom. The molecule has 0 aromatic heterocycles. The van der Waals surface area contributed by atoms with Gasteiger partial charge in [0, 0.05) is 5.41 Å². The average Bonchev–Trinajstić information content (AvgIpc) is 1.98. The Labute approximate surface area is 81.7 Å². The molecule has 0 amide bonds. The Balaban J connectivity index is 3.98. The zero-order valence-corrected chi connectivity index (χ0v) is 9.73. The summed E-state index contributed by atoms with van der Waals surface area (Å²) in [7, 11) is 0. The van der Waals surface area contributed by atoms with Crippen molar-refractivity contribution in [1.29, 1.82) is 0 Å². The van der Waals surface area contributed by atoms with E-state index < -0.39 is 0 Å². The summed E-state index contributed by atoms with van der Waals surface area (Å²) in [5.41, 5.74) is -0.468. The summed E-state index contributed by atoms with van der Waals surface area (Å²) < 4.78 is 5.52. The zero-order valence-electron chi connectivity index (χ0n) is 9.73. The number of carbonyl (C=O) groups is 1. The van der Waals surface area contributed by atoms with Crippen molar-refractivity contribution in [2.75, 3.05) is 6.61 Å². The molecule has 0 aliphatic heterocycles. The second-order valence-corrected chi connectivity index (χ2v) is 5.08. The molecular weight excluding hydrogens is 164 g/mol. The van der Waals surface area contributed by atoms with Crippen molar-refractivity contribution in [3.63, 3.8) is 0 Å². The van der Waals surface area contributed by atoms with E-state index in [1.807, 2.05) is 34.6 Å². The van der Waals surface area contributed by atoms with E-state index in [2.05, 4.69) is 6.92 Å². The molecule has 0 spiro atoms. The minimum absolute atomic E-state index is 0.161. The molecule has 78 valence electrons. The zero-order chi connectivity index (χ0) is 10.7. The van der Waals surface area contributed by atoms with Crippen LogP contribution >= 0.6 is 0 Å². The van der Waals surface area contributed by atoms with Gasteiger partial charge in [0.05, 0.1) is 5.60 Å². The lowest BCUT2D eigenvalue weighted by molar-refractivity contribution is -0.136.